The van der Waals surface area contributed by atoms with Crippen LogP contribution in [0.2, 0.25) is 0 Å². The lowest BCUT2D eigenvalue weighted by molar-refractivity contribution is -0.213. The highest BCUT2D eigenvalue weighted by atomic mass is 32.2. The average Bonchev–Trinajstić information content (AvgIpc) is 2.99. The van der Waals surface area contributed by atoms with E-state index < -0.39 is 39.1 Å². The van der Waals surface area contributed by atoms with Crippen LogP contribution < -0.4 is 10.0 Å². The van der Waals surface area contributed by atoms with Crippen molar-refractivity contribution in [1.29, 1.82) is 0 Å². The van der Waals surface area contributed by atoms with E-state index in [2.05, 4.69) is 41.0 Å². The number of amides is 1. The molecule has 7 nitrogen and oxygen atoms in total. The van der Waals surface area contributed by atoms with Crippen LogP contribution in [0.3, 0.4) is 0 Å². The van der Waals surface area contributed by atoms with Gasteiger partial charge in [-0.05, 0) is 48.9 Å². The summed E-state index contributed by atoms with van der Waals surface area (Å²) < 4.78 is 68.2. The molecule has 3 fully saturated rings. The van der Waals surface area contributed by atoms with Gasteiger partial charge >= 0.3 is 6.18 Å². The summed E-state index contributed by atoms with van der Waals surface area (Å²) in [6.45, 7) is 4.28. The van der Waals surface area contributed by atoms with Crippen molar-refractivity contribution in [2.75, 3.05) is 18.6 Å². The molecule has 1 amide bonds. The van der Waals surface area contributed by atoms with Crippen LogP contribution in [0.15, 0.2) is 42.6 Å². The second-order valence-corrected chi connectivity index (χ2v) is 13.3. The van der Waals surface area contributed by atoms with E-state index in [0.29, 0.717) is 5.69 Å². The van der Waals surface area contributed by atoms with Gasteiger partial charge < -0.3 is 10.2 Å². The van der Waals surface area contributed by atoms with Crippen molar-refractivity contribution in [1.82, 2.24) is 14.6 Å². The van der Waals surface area contributed by atoms with Gasteiger partial charge in [0.05, 0.1) is 29.2 Å². The van der Waals surface area contributed by atoms with Crippen LogP contribution in [0.5, 0.6) is 0 Å². The van der Waals surface area contributed by atoms with Gasteiger partial charge in [0.2, 0.25) is 15.9 Å². The highest BCUT2D eigenvalue weighted by Crippen LogP contribution is 2.68. The molecule has 37 heavy (non-hydrogen) atoms. The number of hydrogen-bond acceptors (Lipinski definition) is 5. The van der Waals surface area contributed by atoms with Gasteiger partial charge in [0.1, 0.15) is 0 Å². The van der Waals surface area contributed by atoms with Crippen LogP contribution in [0, 0.1) is 5.41 Å². The van der Waals surface area contributed by atoms with Crippen molar-refractivity contribution < 1.29 is 29.2 Å². The second-order valence-electron chi connectivity index (χ2n) is 11.6. The number of alkyl halides is 3. The topological polar surface area (TPSA) is 91.4 Å². The SMILES string of the molecule is CN(C(=O)C12CC(NS(C)(=O)=O)(C1)C2)[C@@H](c1ccc(N[C@H]2Cc3ccccc3C2(C)C)cn1)C(F)(F)F.[HH].[HH]. The fraction of sp³-hybridized carbons (Fsp3) is 0.538. The molecule has 1 aromatic carbocycles. The fourth-order valence-electron chi connectivity index (χ4n) is 6.67. The van der Waals surface area contributed by atoms with Crippen LogP contribution >= 0.6 is 0 Å². The maximum atomic E-state index is 14.2. The van der Waals surface area contributed by atoms with Gasteiger partial charge in [0.25, 0.3) is 0 Å². The van der Waals surface area contributed by atoms with Gasteiger partial charge in [-0.15, -0.1) is 0 Å². The van der Waals surface area contributed by atoms with Crippen molar-refractivity contribution in [3.05, 3.63) is 59.4 Å². The number of aromatic nitrogens is 1. The highest BCUT2D eigenvalue weighted by Gasteiger charge is 2.73. The molecule has 1 heterocycles. The minimum atomic E-state index is -4.73. The van der Waals surface area contributed by atoms with Crippen LogP contribution in [-0.4, -0.2) is 55.3 Å². The van der Waals surface area contributed by atoms with Crippen LogP contribution in [0.1, 0.15) is 58.8 Å². The summed E-state index contributed by atoms with van der Waals surface area (Å²) >= 11 is 0. The molecule has 0 spiro atoms. The molecule has 2 bridgehead atoms. The van der Waals surface area contributed by atoms with E-state index in [4.69, 9.17) is 0 Å². The van der Waals surface area contributed by atoms with E-state index in [1.807, 2.05) is 12.1 Å². The number of carbonyl (C=O) groups excluding carboxylic acids is 1. The molecular weight excluding hydrogens is 505 g/mol. The smallest absolute Gasteiger partial charge is 0.380 e. The first kappa shape index (κ1) is 26.0. The molecule has 11 heteroatoms. The van der Waals surface area contributed by atoms with Crippen LogP contribution in [0.25, 0.3) is 0 Å². The monoisotopic (exact) mass is 540 g/mol. The van der Waals surface area contributed by atoms with E-state index in [0.717, 1.165) is 24.6 Å². The third-order valence-corrected chi connectivity index (χ3v) is 9.12. The van der Waals surface area contributed by atoms with E-state index in [1.165, 1.54) is 23.4 Å². The molecule has 2 atom stereocenters. The van der Waals surface area contributed by atoms with Gasteiger partial charge in [-0.2, -0.15) is 13.2 Å². The third kappa shape index (κ3) is 4.39. The first-order valence-corrected chi connectivity index (χ1v) is 14.1. The van der Waals surface area contributed by atoms with E-state index in [9.17, 15) is 26.4 Å². The second kappa shape index (κ2) is 8.17. The van der Waals surface area contributed by atoms with Gasteiger partial charge in [-0.25, -0.2) is 13.1 Å². The Morgan fingerprint density at radius 2 is 1.81 bits per heavy atom. The van der Waals surface area contributed by atoms with Crippen molar-refractivity contribution >= 4 is 21.6 Å². The number of pyridine rings is 1. The van der Waals surface area contributed by atoms with Gasteiger partial charge in [-0.1, -0.05) is 38.1 Å². The summed E-state index contributed by atoms with van der Waals surface area (Å²) in [6.07, 6.45) is -0.898. The summed E-state index contributed by atoms with van der Waals surface area (Å²) in [5.41, 5.74) is 1.00. The Morgan fingerprint density at radius 3 is 2.35 bits per heavy atom. The molecule has 3 saturated carbocycles. The first-order chi connectivity index (χ1) is 17.1. The number of rotatable bonds is 7. The van der Waals surface area contributed by atoms with Crippen molar-refractivity contribution in [2.45, 2.75) is 68.7 Å². The standard InChI is InChI=1S/C26H31F3N4O3S.2H2/c1-23(2)18-8-6-5-7-16(18)11-20(23)31-17-9-10-19(30-12-17)21(26(27,28)29)33(3)22(34)24-13-25(14-24,15-24)32-37(4,35)36;;/h5-10,12,20-21,31-32H,11,13-15H2,1-4H3;2*1H/t20-,21-,24?,25?;;/m0../s1. The zero-order chi connectivity index (χ0) is 27.0. The number of halogens is 3. The quantitative estimate of drug-likeness (QED) is 0.543. The molecule has 4 aliphatic carbocycles. The molecular formula is C26H35F3N4O3S. The molecule has 0 unspecified atom stereocenters. The summed E-state index contributed by atoms with van der Waals surface area (Å²) in [5.74, 6) is -0.638. The Balaban J connectivity index is 0.00000210. The Bertz CT molecular complexity index is 1330. The molecule has 0 saturated heterocycles. The summed E-state index contributed by atoms with van der Waals surface area (Å²) in [4.78, 5) is 18.0. The molecule has 0 aliphatic heterocycles. The Kier molecular flexibility index (Phi) is 5.73. The Labute approximate surface area is 217 Å². The first-order valence-electron chi connectivity index (χ1n) is 12.2. The molecule has 0 radical (unpaired) electrons. The van der Waals surface area contributed by atoms with E-state index >= 15 is 0 Å². The lowest BCUT2D eigenvalue weighted by atomic mass is 9.39. The van der Waals surface area contributed by atoms with E-state index in [-0.39, 0.29) is 39.3 Å². The largest absolute Gasteiger partial charge is 0.414 e. The van der Waals surface area contributed by atoms with Crippen molar-refractivity contribution in [2.24, 2.45) is 5.41 Å². The number of fused-ring (bicyclic) bond motifs is 1. The van der Waals surface area contributed by atoms with Gasteiger partial charge in [0, 0.05) is 26.9 Å². The minimum Gasteiger partial charge on any atom is -0.380 e. The average molecular weight is 541 g/mol. The van der Waals surface area contributed by atoms with Crippen LogP contribution in [0.4, 0.5) is 18.9 Å². The number of benzene rings is 1. The molecule has 2 aromatic rings. The third-order valence-electron chi connectivity index (χ3n) is 8.32. The molecule has 1 aromatic heterocycles. The zero-order valence-corrected chi connectivity index (χ0v) is 22.0. The van der Waals surface area contributed by atoms with Crippen molar-refractivity contribution in [3.8, 4) is 0 Å². The summed E-state index contributed by atoms with van der Waals surface area (Å²) in [5, 5.41) is 3.43. The maximum Gasteiger partial charge on any atom is 0.414 e. The maximum absolute atomic E-state index is 14.2. The number of carbonyl (C=O) groups is 1. The van der Waals surface area contributed by atoms with Crippen LogP contribution in [-0.2, 0) is 26.7 Å². The van der Waals surface area contributed by atoms with Gasteiger partial charge in [-0.3, -0.25) is 9.78 Å². The molecule has 2 N–H and O–H groups in total. The molecule has 6 rings (SSSR count). The van der Waals surface area contributed by atoms with Crippen molar-refractivity contribution in [3.63, 3.8) is 0 Å². The van der Waals surface area contributed by atoms with E-state index in [1.54, 1.807) is 6.07 Å². The summed E-state index contributed by atoms with van der Waals surface area (Å²) in [7, 11) is -2.32. The zero-order valence-electron chi connectivity index (χ0n) is 21.2. The predicted octanol–water partition coefficient (Wildman–Crippen LogP) is 4.42. The Hall–Kier alpha value is -2.66. The number of hydrogen-bond donors (Lipinski definition) is 2. The lowest BCUT2D eigenvalue weighted by Gasteiger charge is -2.69. The lowest BCUT2D eigenvalue weighted by Crippen LogP contribution is -2.78. The predicted molar refractivity (Wildman–Crippen MR) is 138 cm³/mol. The van der Waals surface area contributed by atoms with Gasteiger partial charge in [0.15, 0.2) is 6.04 Å². The number of sulfonamides is 1. The molecule has 204 valence electrons. The normalized spacial score (nSPS) is 28.5. The highest BCUT2D eigenvalue weighted by molar-refractivity contribution is 7.88. The summed E-state index contributed by atoms with van der Waals surface area (Å²) in [6, 6.07) is 8.93. The molecule has 4 aliphatic rings. The number of anilines is 1. The Morgan fingerprint density at radius 1 is 1.16 bits per heavy atom. The fourth-order valence-corrected chi connectivity index (χ4v) is 7.67. The number of nitrogens with one attached hydrogen (secondary N) is 2. The minimum absolute atomic E-state index is 0. The number of nitrogens with zero attached hydrogens (tertiary/aromatic N) is 2.